The molecule has 0 aliphatic heterocycles. The quantitative estimate of drug-likeness (QED) is 0.728. The fourth-order valence-electron chi connectivity index (χ4n) is 2.33. The van der Waals surface area contributed by atoms with E-state index in [1.165, 1.54) is 0 Å². The molecule has 0 saturated carbocycles. The Bertz CT molecular complexity index is 761. The predicted octanol–water partition coefficient (Wildman–Crippen LogP) is 3.71. The maximum atomic E-state index is 5.57. The number of aromatic amines is 1. The van der Waals surface area contributed by atoms with E-state index >= 15 is 0 Å². The van der Waals surface area contributed by atoms with Gasteiger partial charge in [0.25, 0.3) is 4.84 Å². The summed E-state index contributed by atoms with van der Waals surface area (Å²) in [6, 6.07) is 11.6. The first-order chi connectivity index (χ1) is 10.3. The monoisotopic (exact) mass is 302 g/mol. The Hall–Kier alpha value is -2.34. The lowest BCUT2D eigenvalue weighted by Crippen LogP contribution is -2.06. The van der Waals surface area contributed by atoms with Crippen LogP contribution >= 0.6 is 12.2 Å². The molecule has 0 fully saturated rings. The highest BCUT2D eigenvalue weighted by Gasteiger charge is 2.23. The van der Waals surface area contributed by atoms with Gasteiger partial charge in [-0.05, 0) is 30.4 Å². The number of H-pyrrole nitrogens is 1. The van der Waals surface area contributed by atoms with E-state index < -0.39 is 0 Å². The summed E-state index contributed by atoms with van der Waals surface area (Å²) in [6.07, 6.45) is 2.18. The van der Waals surface area contributed by atoms with Crippen LogP contribution in [0.3, 0.4) is 0 Å². The average Bonchev–Trinajstić information content (AvgIpc) is 3.16. The van der Waals surface area contributed by atoms with E-state index in [0.29, 0.717) is 12.3 Å². The predicted molar refractivity (Wildman–Crippen MR) is 78.9 cm³/mol. The number of benzene rings is 1. The molecule has 0 saturated heterocycles. The van der Waals surface area contributed by atoms with Gasteiger partial charge in [0, 0.05) is 12.0 Å². The number of hydrogen-bond donors (Lipinski definition) is 1. The minimum absolute atomic E-state index is 0.0578. The number of aromatic nitrogens is 2. The number of hydrogen-bond acceptors (Lipinski definition) is 5. The van der Waals surface area contributed by atoms with Gasteiger partial charge in [0.15, 0.2) is 0 Å². The highest BCUT2D eigenvalue weighted by atomic mass is 32.1. The Morgan fingerprint density at radius 2 is 2.14 bits per heavy atom. The SMILES string of the molecule is COc1ccccc1[C@H](Cc1n[nH]c(=S)o1)c1ccco1. The van der Waals surface area contributed by atoms with Gasteiger partial charge in [-0.3, -0.25) is 0 Å². The summed E-state index contributed by atoms with van der Waals surface area (Å²) in [5.41, 5.74) is 1.01. The minimum Gasteiger partial charge on any atom is -0.496 e. The Morgan fingerprint density at radius 3 is 2.81 bits per heavy atom. The van der Waals surface area contributed by atoms with Crippen molar-refractivity contribution in [3.05, 3.63) is 64.7 Å². The highest BCUT2D eigenvalue weighted by molar-refractivity contribution is 7.71. The van der Waals surface area contributed by atoms with Crippen molar-refractivity contribution >= 4 is 12.2 Å². The molecule has 3 rings (SSSR count). The molecule has 1 N–H and O–H groups in total. The summed E-state index contributed by atoms with van der Waals surface area (Å²) in [5.74, 6) is 2.10. The molecule has 2 heterocycles. The first-order valence-corrected chi connectivity index (χ1v) is 6.89. The molecule has 0 aliphatic rings. The maximum Gasteiger partial charge on any atom is 0.284 e. The van der Waals surface area contributed by atoms with Crippen molar-refractivity contribution in [2.45, 2.75) is 12.3 Å². The molecule has 0 aliphatic carbocycles. The molecule has 6 heteroatoms. The van der Waals surface area contributed by atoms with E-state index in [0.717, 1.165) is 17.1 Å². The number of para-hydroxylation sites is 1. The lowest BCUT2D eigenvalue weighted by molar-refractivity contribution is 0.395. The molecule has 108 valence electrons. The molecular formula is C15H14N2O3S. The van der Waals surface area contributed by atoms with E-state index in [1.807, 2.05) is 36.4 Å². The molecule has 1 aromatic carbocycles. The van der Waals surface area contributed by atoms with Crippen molar-refractivity contribution in [3.63, 3.8) is 0 Å². The van der Waals surface area contributed by atoms with Crippen molar-refractivity contribution in [1.82, 2.24) is 10.2 Å². The Labute approximate surface area is 126 Å². The van der Waals surface area contributed by atoms with Gasteiger partial charge in [0.1, 0.15) is 11.5 Å². The normalized spacial score (nSPS) is 12.2. The second-order valence-corrected chi connectivity index (χ2v) is 4.89. The van der Waals surface area contributed by atoms with Crippen LogP contribution in [-0.2, 0) is 6.42 Å². The van der Waals surface area contributed by atoms with Gasteiger partial charge < -0.3 is 13.6 Å². The number of ether oxygens (including phenoxy) is 1. The first-order valence-electron chi connectivity index (χ1n) is 6.48. The van der Waals surface area contributed by atoms with Crippen molar-refractivity contribution < 1.29 is 13.6 Å². The van der Waals surface area contributed by atoms with Crippen molar-refractivity contribution in [2.24, 2.45) is 0 Å². The molecule has 0 radical (unpaired) electrons. The summed E-state index contributed by atoms with van der Waals surface area (Å²) >= 11 is 4.92. The molecule has 2 aromatic heterocycles. The molecule has 0 unspecified atom stereocenters. The standard InChI is InChI=1S/C15H14N2O3S/c1-18-12-6-3-2-5-10(12)11(13-7-4-8-19-13)9-14-16-17-15(21)20-14/h2-8,11H,9H2,1H3,(H,17,21)/t11-/m0/s1. The highest BCUT2D eigenvalue weighted by Crippen LogP contribution is 2.34. The summed E-state index contributed by atoms with van der Waals surface area (Å²) < 4.78 is 16.4. The third-order valence-electron chi connectivity index (χ3n) is 3.26. The van der Waals surface area contributed by atoms with E-state index in [9.17, 15) is 0 Å². The van der Waals surface area contributed by atoms with Gasteiger partial charge in [-0.2, -0.15) is 0 Å². The van der Waals surface area contributed by atoms with Crippen LogP contribution in [0.1, 0.15) is 23.1 Å². The smallest absolute Gasteiger partial charge is 0.284 e. The maximum absolute atomic E-state index is 5.57. The first kappa shape index (κ1) is 13.6. The number of nitrogens with zero attached hydrogens (tertiary/aromatic N) is 1. The zero-order valence-corrected chi connectivity index (χ0v) is 12.2. The minimum atomic E-state index is -0.0578. The topological polar surface area (TPSA) is 64.2 Å². The summed E-state index contributed by atoms with van der Waals surface area (Å²) in [4.78, 5) is 0.267. The lowest BCUT2D eigenvalue weighted by Gasteiger charge is -2.16. The van der Waals surface area contributed by atoms with Crippen LogP contribution in [0, 0.1) is 4.84 Å². The van der Waals surface area contributed by atoms with E-state index in [1.54, 1.807) is 13.4 Å². The van der Waals surface area contributed by atoms with Crippen LogP contribution in [0.2, 0.25) is 0 Å². The third-order valence-corrected chi connectivity index (χ3v) is 3.44. The van der Waals surface area contributed by atoms with Crippen molar-refractivity contribution in [2.75, 3.05) is 7.11 Å². The largest absolute Gasteiger partial charge is 0.496 e. The average molecular weight is 302 g/mol. The van der Waals surface area contributed by atoms with Crippen LogP contribution in [0.15, 0.2) is 51.5 Å². The molecule has 0 amide bonds. The molecular weight excluding hydrogens is 288 g/mol. The Kier molecular flexibility index (Phi) is 3.87. The summed E-state index contributed by atoms with van der Waals surface area (Å²) in [6.45, 7) is 0. The fraction of sp³-hybridized carbons (Fsp3) is 0.200. The van der Waals surface area contributed by atoms with Gasteiger partial charge in [0.05, 0.1) is 19.3 Å². The molecule has 0 bridgehead atoms. The van der Waals surface area contributed by atoms with E-state index in [-0.39, 0.29) is 10.8 Å². The number of furan rings is 1. The summed E-state index contributed by atoms with van der Waals surface area (Å²) in [5, 5.41) is 6.70. The second kappa shape index (κ2) is 5.97. The lowest BCUT2D eigenvalue weighted by atomic mass is 9.92. The molecule has 0 spiro atoms. The van der Waals surface area contributed by atoms with Crippen LogP contribution < -0.4 is 4.74 Å². The van der Waals surface area contributed by atoms with E-state index in [4.69, 9.17) is 25.8 Å². The van der Waals surface area contributed by atoms with Gasteiger partial charge in [-0.25, -0.2) is 5.10 Å². The van der Waals surface area contributed by atoms with Crippen molar-refractivity contribution in [1.29, 1.82) is 0 Å². The molecule has 21 heavy (non-hydrogen) atoms. The van der Waals surface area contributed by atoms with Crippen LogP contribution in [0.5, 0.6) is 5.75 Å². The molecule has 3 aromatic rings. The van der Waals surface area contributed by atoms with Crippen LogP contribution in [0.25, 0.3) is 0 Å². The number of rotatable bonds is 5. The Morgan fingerprint density at radius 1 is 1.29 bits per heavy atom. The zero-order chi connectivity index (χ0) is 14.7. The third kappa shape index (κ3) is 2.90. The van der Waals surface area contributed by atoms with Crippen molar-refractivity contribution in [3.8, 4) is 5.75 Å². The molecule has 1 atom stereocenters. The fourth-order valence-corrected chi connectivity index (χ4v) is 2.47. The second-order valence-electron chi connectivity index (χ2n) is 4.52. The number of methoxy groups -OCH3 is 1. The van der Waals surface area contributed by atoms with Gasteiger partial charge in [0.2, 0.25) is 5.89 Å². The summed E-state index contributed by atoms with van der Waals surface area (Å²) in [7, 11) is 1.65. The number of nitrogens with one attached hydrogen (secondary N) is 1. The van der Waals surface area contributed by atoms with E-state index in [2.05, 4.69) is 10.2 Å². The molecule has 5 nitrogen and oxygen atoms in total. The van der Waals surface area contributed by atoms with Gasteiger partial charge >= 0.3 is 0 Å². The van der Waals surface area contributed by atoms with Crippen LogP contribution in [0.4, 0.5) is 0 Å². The van der Waals surface area contributed by atoms with Crippen LogP contribution in [-0.4, -0.2) is 17.3 Å². The Balaban J connectivity index is 2.02. The van der Waals surface area contributed by atoms with Gasteiger partial charge in [-0.1, -0.05) is 18.2 Å². The zero-order valence-electron chi connectivity index (χ0n) is 11.4. The van der Waals surface area contributed by atoms with Gasteiger partial charge in [-0.15, -0.1) is 5.10 Å².